The van der Waals surface area contributed by atoms with Gasteiger partial charge < -0.3 is 0 Å². The van der Waals surface area contributed by atoms with E-state index in [1.54, 1.807) is 24.4 Å². The van der Waals surface area contributed by atoms with Gasteiger partial charge in [-0.15, -0.1) is 0 Å². The van der Waals surface area contributed by atoms with E-state index in [-0.39, 0.29) is 10.6 Å². The molecule has 0 aliphatic rings. The van der Waals surface area contributed by atoms with Crippen LogP contribution in [0.3, 0.4) is 0 Å². The van der Waals surface area contributed by atoms with Crippen molar-refractivity contribution in [3.8, 4) is 11.1 Å². The van der Waals surface area contributed by atoms with Crippen molar-refractivity contribution in [1.82, 2.24) is 10.2 Å². The Morgan fingerprint density at radius 1 is 1.06 bits per heavy atom. The first-order valence-electron chi connectivity index (χ1n) is 5.43. The van der Waals surface area contributed by atoms with Crippen LogP contribution in [0.15, 0.2) is 48.7 Å². The molecule has 1 aromatic heterocycles. The number of para-hydroxylation sites is 2. The van der Waals surface area contributed by atoms with Gasteiger partial charge in [0.1, 0.15) is 0 Å². The lowest BCUT2D eigenvalue weighted by Crippen LogP contribution is -1.92. The summed E-state index contributed by atoms with van der Waals surface area (Å²) in [7, 11) is 0. The second kappa shape index (κ2) is 3.96. The Labute approximate surface area is 102 Å². The quantitative estimate of drug-likeness (QED) is 0.551. The zero-order chi connectivity index (χ0) is 12.5. The Morgan fingerprint density at radius 3 is 2.67 bits per heavy atom. The molecule has 0 radical (unpaired) electrons. The lowest BCUT2D eigenvalue weighted by molar-refractivity contribution is -0.384. The number of nitro benzene ring substituents is 1. The van der Waals surface area contributed by atoms with E-state index in [2.05, 4.69) is 10.2 Å². The molecule has 1 heterocycles. The van der Waals surface area contributed by atoms with Gasteiger partial charge in [0.15, 0.2) is 0 Å². The van der Waals surface area contributed by atoms with E-state index >= 15 is 0 Å². The molecule has 1 N–H and O–H groups in total. The second-order valence-electron chi connectivity index (χ2n) is 3.91. The summed E-state index contributed by atoms with van der Waals surface area (Å²) in [6.07, 6.45) is 1.70. The van der Waals surface area contributed by atoms with Gasteiger partial charge in [-0.2, -0.15) is 5.10 Å². The predicted octanol–water partition coefficient (Wildman–Crippen LogP) is 3.14. The van der Waals surface area contributed by atoms with Gasteiger partial charge in [0, 0.05) is 17.0 Å². The highest BCUT2D eigenvalue weighted by Gasteiger charge is 2.16. The van der Waals surface area contributed by atoms with E-state index in [9.17, 15) is 10.1 Å². The van der Waals surface area contributed by atoms with E-state index in [1.165, 1.54) is 6.07 Å². The molecule has 0 bridgehead atoms. The number of benzene rings is 2. The van der Waals surface area contributed by atoms with Crippen LogP contribution in [-0.2, 0) is 0 Å². The molecule has 0 unspecified atom stereocenters. The number of rotatable bonds is 2. The van der Waals surface area contributed by atoms with Crippen LogP contribution in [-0.4, -0.2) is 15.1 Å². The van der Waals surface area contributed by atoms with Crippen LogP contribution >= 0.6 is 0 Å². The van der Waals surface area contributed by atoms with Crippen LogP contribution < -0.4 is 0 Å². The van der Waals surface area contributed by atoms with Crippen molar-refractivity contribution >= 4 is 16.6 Å². The third-order valence-electron chi connectivity index (χ3n) is 2.87. The minimum atomic E-state index is -0.371. The molecule has 3 aromatic rings. The summed E-state index contributed by atoms with van der Waals surface area (Å²) in [6.45, 7) is 0. The molecule has 88 valence electrons. The highest BCUT2D eigenvalue weighted by Crippen LogP contribution is 2.33. The molecule has 5 nitrogen and oxygen atoms in total. The molecule has 0 fully saturated rings. The summed E-state index contributed by atoms with van der Waals surface area (Å²) in [5.74, 6) is 0. The van der Waals surface area contributed by atoms with Crippen LogP contribution in [0.1, 0.15) is 0 Å². The van der Waals surface area contributed by atoms with Crippen molar-refractivity contribution in [3.05, 3.63) is 58.8 Å². The molecule has 0 aliphatic carbocycles. The Hall–Kier alpha value is -2.69. The van der Waals surface area contributed by atoms with Crippen LogP contribution in [0, 0.1) is 10.1 Å². The number of nitrogens with zero attached hydrogens (tertiary/aromatic N) is 2. The first-order valence-corrected chi connectivity index (χ1v) is 5.43. The zero-order valence-electron chi connectivity index (χ0n) is 9.33. The molecule has 2 aromatic carbocycles. The molecule has 0 aliphatic heterocycles. The largest absolute Gasteiger partial charge is 0.277 e. The van der Waals surface area contributed by atoms with Crippen molar-refractivity contribution < 1.29 is 4.92 Å². The number of hydrogen-bond donors (Lipinski definition) is 1. The van der Waals surface area contributed by atoms with Crippen molar-refractivity contribution in [2.75, 3.05) is 0 Å². The van der Waals surface area contributed by atoms with Gasteiger partial charge >= 0.3 is 0 Å². The Kier molecular flexibility index (Phi) is 2.30. The highest BCUT2D eigenvalue weighted by molar-refractivity contribution is 5.95. The van der Waals surface area contributed by atoms with Gasteiger partial charge in [-0.05, 0) is 6.07 Å². The number of H-pyrrole nitrogens is 1. The van der Waals surface area contributed by atoms with Crippen LogP contribution in [0.4, 0.5) is 5.69 Å². The molecule has 0 amide bonds. The number of hydrogen-bond acceptors (Lipinski definition) is 3. The maximum Gasteiger partial charge on any atom is 0.277 e. The summed E-state index contributed by atoms with van der Waals surface area (Å²) in [6, 6.07) is 12.3. The van der Waals surface area contributed by atoms with Gasteiger partial charge in [0.2, 0.25) is 0 Å². The minimum absolute atomic E-state index is 0.0969. The zero-order valence-corrected chi connectivity index (χ0v) is 9.33. The number of nitro groups is 1. The normalized spacial score (nSPS) is 10.7. The lowest BCUT2D eigenvalue weighted by Gasteiger charge is -2.04. The van der Waals surface area contributed by atoms with Gasteiger partial charge in [-0.3, -0.25) is 15.2 Å². The predicted molar refractivity (Wildman–Crippen MR) is 68.2 cm³/mol. The summed E-state index contributed by atoms with van der Waals surface area (Å²) in [4.78, 5) is 10.7. The average molecular weight is 239 g/mol. The van der Waals surface area contributed by atoms with Crippen molar-refractivity contribution in [2.24, 2.45) is 0 Å². The topological polar surface area (TPSA) is 71.8 Å². The van der Waals surface area contributed by atoms with E-state index in [0.29, 0.717) is 5.56 Å². The van der Waals surface area contributed by atoms with E-state index < -0.39 is 0 Å². The summed E-state index contributed by atoms with van der Waals surface area (Å²) < 4.78 is 0. The first kappa shape index (κ1) is 10.5. The minimum Gasteiger partial charge on any atom is -0.277 e. The number of aromatic amines is 1. The van der Waals surface area contributed by atoms with E-state index in [1.807, 2.05) is 18.2 Å². The average Bonchev–Trinajstić information content (AvgIpc) is 2.86. The molecule has 0 spiro atoms. The van der Waals surface area contributed by atoms with Crippen molar-refractivity contribution in [3.63, 3.8) is 0 Å². The van der Waals surface area contributed by atoms with E-state index in [4.69, 9.17) is 0 Å². The molecule has 0 saturated carbocycles. The Bertz CT molecular complexity index is 734. The number of nitrogens with one attached hydrogen (secondary N) is 1. The Morgan fingerprint density at radius 2 is 1.83 bits per heavy atom. The monoisotopic (exact) mass is 239 g/mol. The molecule has 3 rings (SSSR count). The summed E-state index contributed by atoms with van der Waals surface area (Å²) in [5, 5.41) is 18.8. The first-order chi connectivity index (χ1) is 8.77. The molecule has 18 heavy (non-hydrogen) atoms. The van der Waals surface area contributed by atoms with Crippen LogP contribution in [0.2, 0.25) is 0 Å². The van der Waals surface area contributed by atoms with Gasteiger partial charge in [0.25, 0.3) is 5.69 Å². The number of fused-ring (bicyclic) bond motifs is 1. The fourth-order valence-electron chi connectivity index (χ4n) is 2.05. The molecular weight excluding hydrogens is 230 g/mol. The maximum absolute atomic E-state index is 11.0. The van der Waals surface area contributed by atoms with Crippen molar-refractivity contribution in [2.45, 2.75) is 0 Å². The fourth-order valence-corrected chi connectivity index (χ4v) is 2.05. The molecule has 0 atom stereocenters. The third-order valence-corrected chi connectivity index (χ3v) is 2.87. The van der Waals surface area contributed by atoms with Gasteiger partial charge in [-0.1, -0.05) is 30.3 Å². The highest BCUT2D eigenvalue weighted by atomic mass is 16.6. The molecule has 0 saturated heterocycles. The standard InChI is InChI=1S/C13H9N3O2/c17-16(18)12-7-2-1-5-10(12)11-6-3-4-9-8-14-15-13(9)11/h1-8H,(H,14,15). The smallest absolute Gasteiger partial charge is 0.277 e. The van der Waals surface area contributed by atoms with Crippen LogP contribution in [0.5, 0.6) is 0 Å². The fraction of sp³-hybridized carbons (Fsp3) is 0. The summed E-state index contributed by atoms with van der Waals surface area (Å²) >= 11 is 0. The Balaban J connectivity index is 2.33. The molecule has 5 heteroatoms. The number of aromatic nitrogens is 2. The van der Waals surface area contributed by atoms with Gasteiger partial charge in [0.05, 0.1) is 22.2 Å². The van der Waals surface area contributed by atoms with Crippen molar-refractivity contribution in [1.29, 1.82) is 0 Å². The maximum atomic E-state index is 11.0. The third kappa shape index (κ3) is 1.53. The summed E-state index contributed by atoms with van der Waals surface area (Å²) in [5.41, 5.74) is 2.29. The molecular formula is C13H9N3O2. The lowest BCUT2D eigenvalue weighted by atomic mass is 10.0. The van der Waals surface area contributed by atoms with Gasteiger partial charge in [-0.25, -0.2) is 0 Å². The SMILES string of the molecule is O=[N+]([O-])c1ccccc1-c1cccc2cn[nH]c12. The van der Waals surface area contributed by atoms with Crippen LogP contribution in [0.25, 0.3) is 22.0 Å². The van der Waals surface area contributed by atoms with E-state index in [0.717, 1.165) is 16.5 Å². The second-order valence-corrected chi connectivity index (χ2v) is 3.91.